The van der Waals surface area contributed by atoms with Crippen molar-refractivity contribution in [1.29, 1.82) is 0 Å². The Balaban J connectivity index is 1.96. The van der Waals surface area contributed by atoms with Crippen LogP contribution >= 0.6 is 0 Å². The van der Waals surface area contributed by atoms with Crippen molar-refractivity contribution >= 4 is 17.5 Å². The average Bonchev–Trinajstić information content (AvgIpc) is 3.07. The number of benzene rings is 1. The second-order valence-corrected chi connectivity index (χ2v) is 5.37. The van der Waals surface area contributed by atoms with Gasteiger partial charge in [0.05, 0.1) is 12.4 Å². The molecule has 0 saturated carbocycles. The van der Waals surface area contributed by atoms with E-state index in [4.69, 9.17) is 4.42 Å². The summed E-state index contributed by atoms with van der Waals surface area (Å²) in [5.41, 5.74) is 1.10. The van der Waals surface area contributed by atoms with Gasteiger partial charge in [0, 0.05) is 24.8 Å². The fourth-order valence-electron chi connectivity index (χ4n) is 2.00. The minimum Gasteiger partial charge on any atom is -0.459 e. The molecule has 1 aromatic carbocycles. The number of carbonyl (C=O) groups is 2. The van der Waals surface area contributed by atoms with E-state index < -0.39 is 6.10 Å². The van der Waals surface area contributed by atoms with E-state index in [1.165, 1.54) is 6.26 Å². The molecule has 122 valence electrons. The Labute approximate surface area is 134 Å². The van der Waals surface area contributed by atoms with E-state index >= 15 is 0 Å². The predicted molar refractivity (Wildman–Crippen MR) is 86.4 cm³/mol. The van der Waals surface area contributed by atoms with Crippen LogP contribution in [0.15, 0.2) is 47.1 Å². The Morgan fingerprint density at radius 2 is 1.96 bits per heavy atom. The van der Waals surface area contributed by atoms with E-state index in [1.807, 2.05) is 0 Å². The second kappa shape index (κ2) is 7.60. The Kier molecular flexibility index (Phi) is 5.54. The van der Waals surface area contributed by atoms with E-state index in [2.05, 4.69) is 5.32 Å². The summed E-state index contributed by atoms with van der Waals surface area (Å²) < 4.78 is 5.01. The molecule has 0 aliphatic rings. The quantitative estimate of drug-likeness (QED) is 0.857. The molecule has 1 aromatic heterocycles. The first kappa shape index (κ1) is 16.8. The highest BCUT2D eigenvalue weighted by atomic mass is 16.3. The maximum atomic E-state index is 12.2. The number of anilines is 1. The summed E-state index contributed by atoms with van der Waals surface area (Å²) in [7, 11) is 1.69. The molecule has 2 aromatic rings. The first-order valence-electron chi connectivity index (χ1n) is 7.36. The van der Waals surface area contributed by atoms with Gasteiger partial charge in [0.1, 0.15) is 0 Å². The van der Waals surface area contributed by atoms with Gasteiger partial charge < -0.3 is 19.7 Å². The third-order valence-corrected chi connectivity index (χ3v) is 3.36. The van der Waals surface area contributed by atoms with Crippen LogP contribution in [-0.2, 0) is 0 Å². The summed E-state index contributed by atoms with van der Waals surface area (Å²) in [5.74, 6) is -0.249. The zero-order valence-corrected chi connectivity index (χ0v) is 13.2. The SMILES string of the molecule is CC(O)CCN(C)C(=O)c1ccc(NC(=O)c2ccco2)cc1. The van der Waals surface area contributed by atoms with Gasteiger partial charge in [-0.05, 0) is 49.7 Å². The van der Waals surface area contributed by atoms with Crippen molar-refractivity contribution in [3.63, 3.8) is 0 Å². The highest BCUT2D eigenvalue weighted by molar-refractivity contribution is 6.02. The van der Waals surface area contributed by atoms with Gasteiger partial charge >= 0.3 is 0 Å². The third kappa shape index (κ3) is 4.69. The van der Waals surface area contributed by atoms with E-state index in [1.54, 1.807) is 55.3 Å². The first-order valence-corrected chi connectivity index (χ1v) is 7.36. The maximum absolute atomic E-state index is 12.2. The minimum atomic E-state index is -0.440. The molecule has 1 unspecified atom stereocenters. The Hall–Kier alpha value is -2.60. The van der Waals surface area contributed by atoms with E-state index in [0.29, 0.717) is 24.2 Å². The molecule has 2 amide bonds. The third-order valence-electron chi connectivity index (χ3n) is 3.36. The highest BCUT2D eigenvalue weighted by Gasteiger charge is 2.13. The zero-order chi connectivity index (χ0) is 16.8. The lowest BCUT2D eigenvalue weighted by Crippen LogP contribution is -2.29. The number of nitrogens with zero attached hydrogens (tertiary/aromatic N) is 1. The molecule has 2 rings (SSSR count). The number of hydrogen-bond donors (Lipinski definition) is 2. The normalized spacial score (nSPS) is 11.8. The molecule has 1 heterocycles. The molecule has 0 aliphatic heterocycles. The van der Waals surface area contributed by atoms with Gasteiger partial charge in [-0.2, -0.15) is 0 Å². The molecule has 0 bridgehead atoms. The molecule has 2 N–H and O–H groups in total. The number of nitrogens with one attached hydrogen (secondary N) is 1. The van der Waals surface area contributed by atoms with Gasteiger partial charge in [-0.15, -0.1) is 0 Å². The molecule has 0 saturated heterocycles. The van der Waals surface area contributed by atoms with Crippen molar-refractivity contribution < 1.29 is 19.1 Å². The lowest BCUT2D eigenvalue weighted by molar-refractivity contribution is 0.0769. The Morgan fingerprint density at radius 3 is 2.52 bits per heavy atom. The molecule has 6 heteroatoms. The van der Waals surface area contributed by atoms with Gasteiger partial charge in [-0.1, -0.05) is 0 Å². The van der Waals surface area contributed by atoms with Crippen molar-refractivity contribution in [3.8, 4) is 0 Å². The number of carbonyl (C=O) groups excluding carboxylic acids is 2. The lowest BCUT2D eigenvalue weighted by Gasteiger charge is -2.18. The number of aliphatic hydroxyl groups excluding tert-OH is 1. The number of hydrogen-bond acceptors (Lipinski definition) is 4. The van der Waals surface area contributed by atoms with Crippen molar-refractivity contribution in [2.45, 2.75) is 19.4 Å². The molecular formula is C17H20N2O4. The topological polar surface area (TPSA) is 82.8 Å². The van der Waals surface area contributed by atoms with Crippen molar-refractivity contribution in [2.75, 3.05) is 18.9 Å². The van der Waals surface area contributed by atoms with Gasteiger partial charge in [0.2, 0.25) is 0 Å². The van der Waals surface area contributed by atoms with Crippen molar-refractivity contribution in [3.05, 3.63) is 54.0 Å². The Bertz CT molecular complexity index is 648. The second-order valence-electron chi connectivity index (χ2n) is 5.37. The molecule has 0 aliphatic carbocycles. The van der Waals surface area contributed by atoms with Crippen LogP contribution in [0, 0.1) is 0 Å². The average molecular weight is 316 g/mol. The van der Waals surface area contributed by atoms with Crippen LogP contribution in [-0.4, -0.2) is 41.5 Å². The fourth-order valence-corrected chi connectivity index (χ4v) is 2.00. The summed E-state index contributed by atoms with van der Waals surface area (Å²) in [4.78, 5) is 25.6. The summed E-state index contributed by atoms with van der Waals surface area (Å²) in [6.07, 6.45) is 1.52. The molecule has 0 radical (unpaired) electrons. The standard InChI is InChI=1S/C17H20N2O4/c1-12(20)9-10-19(2)17(22)13-5-7-14(8-6-13)18-16(21)15-4-3-11-23-15/h3-8,11-12,20H,9-10H2,1-2H3,(H,18,21). The molecule has 1 atom stereocenters. The number of amides is 2. The molecule has 6 nitrogen and oxygen atoms in total. The van der Waals surface area contributed by atoms with Crippen LogP contribution < -0.4 is 5.32 Å². The van der Waals surface area contributed by atoms with Gasteiger partial charge in [0.15, 0.2) is 5.76 Å². The largest absolute Gasteiger partial charge is 0.459 e. The summed E-state index contributed by atoms with van der Waals surface area (Å²) in [6.45, 7) is 2.17. The van der Waals surface area contributed by atoms with E-state index in [9.17, 15) is 14.7 Å². The van der Waals surface area contributed by atoms with Crippen LogP contribution in [0.2, 0.25) is 0 Å². The zero-order valence-electron chi connectivity index (χ0n) is 13.2. The molecule has 0 fully saturated rings. The maximum Gasteiger partial charge on any atom is 0.291 e. The van der Waals surface area contributed by atoms with Crippen LogP contribution in [0.1, 0.15) is 34.3 Å². The summed E-state index contributed by atoms with van der Waals surface area (Å²) in [6, 6.07) is 9.84. The Morgan fingerprint density at radius 1 is 1.26 bits per heavy atom. The minimum absolute atomic E-state index is 0.130. The number of furan rings is 1. The van der Waals surface area contributed by atoms with Crippen LogP contribution in [0.3, 0.4) is 0 Å². The molecular weight excluding hydrogens is 296 g/mol. The summed E-state index contributed by atoms with van der Waals surface area (Å²) >= 11 is 0. The number of rotatable bonds is 6. The predicted octanol–water partition coefficient (Wildman–Crippen LogP) is 2.37. The smallest absolute Gasteiger partial charge is 0.291 e. The van der Waals surface area contributed by atoms with Crippen LogP contribution in [0.25, 0.3) is 0 Å². The molecule has 23 heavy (non-hydrogen) atoms. The van der Waals surface area contributed by atoms with Gasteiger partial charge in [-0.25, -0.2) is 0 Å². The monoisotopic (exact) mass is 316 g/mol. The number of aliphatic hydroxyl groups is 1. The van der Waals surface area contributed by atoms with E-state index in [-0.39, 0.29) is 17.6 Å². The van der Waals surface area contributed by atoms with Crippen molar-refractivity contribution in [1.82, 2.24) is 4.90 Å². The lowest BCUT2D eigenvalue weighted by atomic mass is 10.1. The summed E-state index contributed by atoms with van der Waals surface area (Å²) in [5, 5.41) is 12.0. The van der Waals surface area contributed by atoms with Crippen LogP contribution in [0.5, 0.6) is 0 Å². The van der Waals surface area contributed by atoms with E-state index in [0.717, 1.165) is 0 Å². The molecule has 0 spiro atoms. The highest BCUT2D eigenvalue weighted by Crippen LogP contribution is 2.13. The van der Waals surface area contributed by atoms with Crippen molar-refractivity contribution in [2.24, 2.45) is 0 Å². The van der Waals surface area contributed by atoms with Crippen LogP contribution in [0.4, 0.5) is 5.69 Å². The first-order chi connectivity index (χ1) is 11.0. The fraction of sp³-hybridized carbons (Fsp3) is 0.294. The van der Waals surface area contributed by atoms with Gasteiger partial charge in [-0.3, -0.25) is 9.59 Å². The van der Waals surface area contributed by atoms with Gasteiger partial charge in [0.25, 0.3) is 11.8 Å².